The van der Waals surface area contributed by atoms with Gasteiger partial charge in [-0.15, -0.1) is 0 Å². The zero-order chi connectivity index (χ0) is 25.2. The molecule has 1 N–H and O–H groups in total. The van der Waals surface area contributed by atoms with Crippen molar-refractivity contribution < 1.29 is 38.5 Å². The first kappa shape index (κ1) is 25.9. The zero-order valence-corrected chi connectivity index (χ0v) is 19.7. The molecule has 1 aliphatic rings. The quantitative estimate of drug-likeness (QED) is 0.380. The van der Waals surface area contributed by atoms with Crippen molar-refractivity contribution in [1.29, 1.82) is 0 Å². The van der Waals surface area contributed by atoms with Crippen LogP contribution in [0.5, 0.6) is 0 Å². The lowest BCUT2D eigenvalue weighted by atomic mass is 9.83. The third-order valence-corrected chi connectivity index (χ3v) is 6.03. The van der Waals surface area contributed by atoms with Crippen molar-refractivity contribution in [1.82, 2.24) is 0 Å². The summed E-state index contributed by atoms with van der Waals surface area (Å²) in [5.41, 5.74) is 1.21. The van der Waals surface area contributed by atoms with Gasteiger partial charge in [-0.25, -0.2) is 19.2 Å². The maximum atomic E-state index is 12.3. The van der Waals surface area contributed by atoms with Crippen LogP contribution in [0, 0.1) is 11.8 Å². The van der Waals surface area contributed by atoms with E-state index in [9.17, 15) is 19.2 Å². The lowest BCUT2D eigenvalue weighted by molar-refractivity contribution is 0.0297. The van der Waals surface area contributed by atoms with E-state index in [-0.39, 0.29) is 17.4 Å². The Hall–Kier alpha value is -3.68. The van der Waals surface area contributed by atoms with Crippen LogP contribution < -0.4 is 0 Å². The molecule has 0 atom stereocenters. The second-order valence-corrected chi connectivity index (χ2v) is 8.68. The first-order valence-electron chi connectivity index (χ1n) is 11.8. The summed E-state index contributed by atoms with van der Waals surface area (Å²) in [6.45, 7) is 2.90. The summed E-state index contributed by atoms with van der Waals surface area (Å²) >= 11 is 0. The van der Waals surface area contributed by atoms with Crippen molar-refractivity contribution >= 4 is 23.9 Å². The van der Waals surface area contributed by atoms with E-state index in [1.807, 2.05) is 6.92 Å². The van der Waals surface area contributed by atoms with Gasteiger partial charge in [0.25, 0.3) is 0 Å². The molecule has 1 saturated carbocycles. The van der Waals surface area contributed by atoms with Crippen LogP contribution in [0.2, 0.25) is 0 Å². The SMILES string of the molecule is CCCOC(=O)c1ccc(C(=O)OCC2CCC(COC(=O)c3ccc(C(=O)O)cc3)CC2)cc1. The maximum Gasteiger partial charge on any atom is 0.338 e. The Kier molecular flexibility index (Phi) is 9.40. The van der Waals surface area contributed by atoms with Crippen molar-refractivity contribution in [2.45, 2.75) is 39.0 Å². The van der Waals surface area contributed by atoms with Crippen LogP contribution in [0.1, 0.15) is 80.5 Å². The van der Waals surface area contributed by atoms with Gasteiger partial charge in [-0.05, 0) is 92.5 Å². The number of benzene rings is 2. The molecule has 0 aromatic heterocycles. The molecule has 2 aromatic carbocycles. The van der Waals surface area contributed by atoms with Crippen LogP contribution in [-0.2, 0) is 14.2 Å². The minimum absolute atomic E-state index is 0.115. The summed E-state index contributed by atoms with van der Waals surface area (Å²) < 4.78 is 15.9. The van der Waals surface area contributed by atoms with Crippen molar-refractivity contribution in [3.05, 3.63) is 70.8 Å². The molecule has 0 saturated heterocycles. The van der Waals surface area contributed by atoms with E-state index in [0.29, 0.717) is 36.5 Å². The number of hydrogen-bond donors (Lipinski definition) is 1. The Morgan fingerprint density at radius 1 is 0.657 bits per heavy atom. The molecule has 0 radical (unpaired) electrons. The van der Waals surface area contributed by atoms with Crippen molar-refractivity contribution in [2.75, 3.05) is 19.8 Å². The minimum atomic E-state index is -1.05. The Morgan fingerprint density at radius 2 is 1.00 bits per heavy atom. The summed E-state index contributed by atoms with van der Waals surface area (Å²) in [4.78, 5) is 47.3. The number of esters is 3. The molecule has 0 spiro atoms. The molecule has 35 heavy (non-hydrogen) atoms. The number of carbonyl (C=O) groups excluding carboxylic acids is 3. The lowest BCUT2D eigenvalue weighted by Crippen LogP contribution is -2.24. The predicted octanol–water partition coefficient (Wildman–Crippen LogP) is 4.77. The molecule has 2 aromatic rings. The van der Waals surface area contributed by atoms with Crippen LogP contribution in [0.4, 0.5) is 0 Å². The molecule has 0 bridgehead atoms. The number of carbonyl (C=O) groups is 4. The van der Waals surface area contributed by atoms with E-state index < -0.39 is 23.9 Å². The van der Waals surface area contributed by atoms with E-state index in [1.54, 1.807) is 24.3 Å². The first-order chi connectivity index (χ1) is 16.9. The second kappa shape index (κ2) is 12.7. The van der Waals surface area contributed by atoms with Crippen LogP contribution in [0.15, 0.2) is 48.5 Å². The number of ether oxygens (including phenoxy) is 3. The number of aromatic carboxylic acids is 1. The molecule has 3 rings (SSSR count). The van der Waals surface area contributed by atoms with Gasteiger partial charge in [0.15, 0.2) is 0 Å². The van der Waals surface area contributed by atoms with Gasteiger partial charge >= 0.3 is 23.9 Å². The van der Waals surface area contributed by atoms with E-state index >= 15 is 0 Å². The van der Waals surface area contributed by atoms with Crippen molar-refractivity contribution in [2.24, 2.45) is 11.8 Å². The lowest BCUT2D eigenvalue weighted by Gasteiger charge is -2.27. The van der Waals surface area contributed by atoms with Crippen LogP contribution in [-0.4, -0.2) is 48.8 Å². The van der Waals surface area contributed by atoms with Gasteiger partial charge in [0, 0.05) is 0 Å². The third-order valence-electron chi connectivity index (χ3n) is 6.03. The van der Waals surface area contributed by atoms with Gasteiger partial charge in [0.1, 0.15) is 0 Å². The molecular weight excluding hydrogens is 452 g/mol. The molecule has 0 unspecified atom stereocenters. The predicted molar refractivity (Wildman–Crippen MR) is 126 cm³/mol. The van der Waals surface area contributed by atoms with E-state index in [2.05, 4.69) is 0 Å². The molecule has 0 heterocycles. The largest absolute Gasteiger partial charge is 0.478 e. The Morgan fingerprint density at radius 3 is 1.34 bits per heavy atom. The fourth-order valence-corrected chi connectivity index (χ4v) is 3.89. The summed E-state index contributed by atoms with van der Waals surface area (Å²) in [5, 5.41) is 8.93. The smallest absolute Gasteiger partial charge is 0.338 e. The highest BCUT2D eigenvalue weighted by Crippen LogP contribution is 2.29. The van der Waals surface area contributed by atoms with E-state index in [1.165, 1.54) is 24.3 Å². The standard InChI is InChI=1S/C27H30O8/c1-2-15-33-25(30)21-11-13-23(14-12-21)27(32)35-17-19-5-3-18(4-6-19)16-34-26(31)22-9-7-20(8-10-22)24(28)29/h7-14,18-19H,2-6,15-17H2,1H3,(H,28,29). The number of carboxylic acid groups (broad SMARTS) is 1. The second-order valence-electron chi connectivity index (χ2n) is 8.68. The summed E-state index contributed by atoms with van der Waals surface area (Å²) in [5.74, 6) is -1.87. The van der Waals surface area contributed by atoms with Crippen molar-refractivity contribution in [3.63, 3.8) is 0 Å². The average Bonchev–Trinajstić information content (AvgIpc) is 2.89. The monoisotopic (exact) mass is 482 g/mol. The molecular formula is C27H30O8. The van der Waals surface area contributed by atoms with Gasteiger partial charge in [0.05, 0.1) is 42.1 Å². The summed E-state index contributed by atoms with van der Waals surface area (Å²) in [6, 6.07) is 11.9. The van der Waals surface area contributed by atoms with Crippen LogP contribution in [0.25, 0.3) is 0 Å². The zero-order valence-electron chi connectivity index (χ0n) is 19.7. The Labute approximate surface area is 204 Å². The van der Waals surface area contributed by atoms with Gasteiger partial charge < -0.3 is 19.3 Å². The van der Waals surface area contributed by atoms with Crippen molar-refractivity contribution in [3.8, 4) is 0 Å². The highest BCUT2D eigenvalue weighted by molar-refractivity contribution is 5.93. The highest BCUT2D eigenvalue weighted by atomic mass is 16.5. The molecule has 186 valence electrons. The molecule has 8 nitrogen and oxygen atoms in total. The van der Waals surface area contributed by atoms with Gasteiger partial charge in [-0.2, -0.15) is 0 Å². The maximum absolute atomic E-state index is 12.3. The fraction of sp³-hybridized carbons (Fsp3) is 0.407. The Bertz CT molecular complexity index is 1020. The van der Waals surface area contributed by atoms with Gasteiger partial charge in [-0.3, -0.25) is 0 Å². The van der Waals surface area contributed by atoms with Gasteiger partial charge in [-0.1, -0.05) is 6.92 Å². The first-order valence-corrected chi connectivity index (χ1v) is 11.8. The molecule has 0 aliphatic heterocycles. The number of rotatable bonds is 10. The van der Waals surface area contributed by atoms with Gasteiger partial charge in [0.2, 0.25) is 0 Å². The van der Waals surface area contributed by atoms with Crippen LogP contribution in [0.3, 0.4) is 0 Å². The van der Waals surface area contributed by atoms with E-state index in [0.717, 1.165) is 32.1 Å². The summed E-state index contributed by atoms with van der Waals surface area (Å²) in [6.07, 6.45) is 4.20. The molecule has 8 heteroatoms. The fourth-order valence-electron chi connectivity index (χ4n) is 3.89. The number of hydrogen-bond acceptors (Lipinski definition) is 7. The third kappa shape index (κ3) is 7.67. The number of carboxylic acids is 1. The summed E-state index contributed by atoms with van der Waals surface area (Å²) in [7, 11) is 0. The van der Waals surface area contributed by atoms with Crippen LogP contribution >= 0.6 is 0 Å². The normalized spacial score (nSPS) is 17.3. The topological polar surface area (TPSA) is 116 Å². The average molecular weight is 483 g/mol. The molecule has 1 fully saturated rings. The highest BCUT2D eigenvalue weighted by Gasteiger charge is 2.24. The van der Waals surface area contributed by atoms with E-state index in [4.69, 9.17) is 19.3 Å². The molecule has 1 aliphatic carbocycles. The Balaban J connectivity index is 1.36. The minimum Gasteiger partial charge on any atom is -0.478 e. The molecule has 0 amide bonds.